The molecule has 0 aliphatic heterocycles. The summed E-state index contributed by atoms with van der Waals surface area (Å²) in [5, 5.41) is 0. The van der Waals surface area contributed by atoms with Gasteiger partial charge in [-0.05, 0) is 162 Å². The smallest absolute Gasteiger partial charge is 0.312 e. The molecule has 0 spiro atoms. The second kappa shape index (κ2) is 10.0. The molecular formula is C38H51IO3. The predicted octanol–water partition coefficient (Wildman–Crippen LogP) is 9.68. The zero-order chi connectivity index (χ0) is 30.5. The van der Waals surface area contributed by atoms with Crippen LogP contribution in [0.1, 0.15) is 105 Å². The fraction of sp³-hybridized carbons (Fsp3) is 0.684. The van der Waals surface area contributed by atoms with Crippen LogP contribution >= 0.6 is 22.6 Å². The molecule has 0 saturated heterocycles. The first kappa shape index (κ1) is 30.6. The van der Waals surface area contributed by atoms with Crippen molar-refractivity contribution in [2.75, 3.05) is 7.11 Å². The number of hydrogen-bond donors (Lipinski definition) is 0. The molecule has 42 heavy (non-hydrogen) atoms. The van der Waals surface area contributed by atoms with Gasteiger partial charge in [-0.25, -0.2) is 0 Å². The number of ether oxygens (including phenoxy) is 1. The van der Waals surface area contributed by atoms with Crippen molar-refractivity contribution in [1.29, 1.82) is 0 Å². The largest absolute Gasteiger partial charge is 0.469 e. The van der Waals surface area contributed by atoms with Crippen LogP contribution in [-0.4, -0.2) is 18.9 Å². The molecule has 4 heteroatoms. The number of esters is 1. The third kappa shape index (κ3) is 4.01. The van der Waals surface area contributed by atoms with Gasteiger partial charge in [0.15, 0.2) is 5.78 Å². The van der Waals surface area contributed by atoms with Gasteiger partial charge >= 0.3 is 5.97 Å². The van der Waals surface area contributed by atoms with Crippen LogP contribution in [0.3, 0.4) is 0 Å². The van der Waals surface area contributed by atoms with Crippen LogP contribution in [0, 0.1) is 60.2 Å². The lowest BCUT2D eigenvalue weighted by Crippen LogP contribution is -2.67. The second-order valence-electron chi connectivity index (χ2n) is 16.3. The van der Waals surface area contributed by atoms with Crippen LogP contribution in [-0.2, 0) is 14.3 Å². The van der Waals surface area contributed by atoms with Crippen LogP contribution < -0.4 is 0 Å². The number of rotatable bonds is 3. The van der Waals surface area contributed by atoms with Gasteiger partial charge in [0.1, 0.15) is 0 Å². The van der Waals surface area contributed by atoms with Crippen LogP contribution in [0.15, 0.2) is 42.0 Å². The molecule has 1 aromatic rings. The van der Waals surface area contributed by atoms with Crippen molar-refractivity contribution >= 4 is 40.4 Å². The van der Waals surface area contributed by atoms with E-state index in [1.54, 1.807) is 7.11 Å². The highest BCUT2D eigenvalue weighted by Crippen LogP contribution is 2.77. The van der Waals surface area contributed by atoms with Gasteiger partial charge in [-0.15, -0.1) is 0 Å². The summed E-state index contributed by atoms with van der Waals surface area (Å²) in [5.74, 6) is 2.53. The van der Waals surface area contributed by atoms with Crippen LogP contribution in [0.25, 0.3) is 6.08 Å². The van der Waals surface area contributed by atoms with Crippen LogP contribution in [0.2, 0.25) is 0 Å². The lowest BCUT2D eigenvalue weighted by molar-refractivity contribution is -0.232. The molecule has 6 rings (SSSR count). The minimum absolute atomic E-state index is 0.0270. The molecule has 9 atom stereocenters. The van der Waals surface area contributed by atoms with E-state index in [4.69, 9.17) is 4.74 Å². The SMILES string of the molecule is C=C(C)[C@@H]1CC[C@]2(C(=O)OC)CC[C@]3(C)[C@H](CC[C@@H]4[C@@]5(C)C/C(=C\c6cccc(I)c6)C(=O)C(C)(C)[C@H]5CC[C@]43C)[C@H]12. The number of fused-ring (bicyclic) bond motifs is 7. The molecule has 5 saturated carbocycles. The molecule has 228 valence electrons. The molecule has 5 aliphatic carbocycles. The zero-order valence-electron chi connectivity index (χ0n) is 26.9. The van der Waals surface area contributed by atoms with E-state index >= 15 is 0 Å². The molecule has 0 bridgehead atoms. The van der Waals surface area contributed by atoms with Gasteiger partial charge in [-0.1, -0.05) is 58.9 Å². The summed E-state index contributed by atoms with van der Waals surface area (Å²) in [7, 11) is 1.59. The van der Waals surface area contributed by atoms with Gasteiger partial charge in [0.2, 0.25) is 0 Å². The van der Waals surface area contributed by atoms with Gasteiger partial charge in [-0.3, -0.25) is 9.59 Å². The van der Waals surface area contributed by atoms with Gasteiger partial charge in [0.25, 0.3) is 0 Å². The third-order valence-corrected chi connectivity index (χ3v) is 15.1. The first-order chi connectivity index (χ1) is 19.7. The molecule has 0 unspecified atom stereocenters. The number of halogens is 1. The van der Waals surface area contributed by atoms with Crippen molar-refractivity contribution in [2.45, 2.75) is 99.3 Å². The van der Waals surface area contributed by atoms with Crippen molar-refractivity contribution < 1.29 is 14.3 Å². The van der Waals surface area contributed by atoms with Gasteiger partial charge in [-0.2, -0.15) is 0 Å². The summed E-state index contributed by atoms with van der Waals surface area (Å²) in [6.45, 7) is 18.9. The summed E-state index contributed by atoms with van der Waals surface area (Å²) >= 11 is 2.36. The number of hydrogen-bond acceptors (Lipinski definition) is 3. The first-order valence-corrected chi connectivity index (χ1v) is 17.5. The van der Waals surface area contributed by atoms with Crippen molar-refractivity contribution in [2.24, 2.45) is 56.7 Å². The number of Topliss-reactive ketones (excluding diaryl/α,β-unsaturated/α-hetero) is 1. The molecule has 5 aliphatic rings. The summed E-state index contributed by atoms with van der Waals surface area (Å²) in [5.41, 5.74) is 3.05. The van der Waals surface area contributed by atoms with Crippen LogP contribution in [0.4, 0.5) is 0 Å². The summed E-state index contributed by atoms with van der Waals surface area (Å²) in [6, 6.07) is 8.53. The van der Waals surface area contributed by atoms with Gasteiger partial charge in [0, 0.05) is 8.99 Å². The Bertz CT molecular complexity index is 1360. The topological polar surface area (TPSA) is 43.4 Å². The monoisotopic (exact) mass is 682 g/mol. The number of allylic oxidation sites excluding steroid dienone is 2. The van der Waals surface area contributed by atoms with E-state index in [1.165, 1.54) is 22.0 Å². The molecule has 0 heterocycles. The second-order valence-corrected chi connectivity index (χ2v) is 17.5. The van der Waals surface area contributed by atoms with Crippen molar-refractivity contribution in [3.63, 3.8) is 0 Å². The average Bonchev–Trinajstić information content (AvgIpc) is 3.33. The van der Waals surface area contributed by atoms with E-state index in [9.17, 15) is 9.59 Å². The quantitative estimate of drug-likeness (QED) is 0.138. The number of carbonyl (C=O) groups is 2. The Morgan fingerprint density at radius 2 is 1.71 bits per heavy atom. The maximum absolute atomic E-state index is 14.1. The lowest BCUT2D eigenvalue weighted by Gasteiger charge is -2.72. The summed E-state index contributed by atoms with van der Waals surface area (Å²) in [4.78, 5) is 27.6. The van der Waals surface area contributed by atoms with Crippen molar-refractivity contribution in [1.82, 2.24) is 0 Å². The maximum Gasteiger partial charge on any atom is 0.312 e. The Morgan fingerprint density at radius 3 is 2.38 bits per heavy atom. The van der Waals surface area contributed by atoms with Gasteiger partial charge < -0.3 is 4.74 Å². The Morgan fingerprint density at radius 1 is 0.976 bits per heavy atom. The molecule has 0 N–H and O–H groups in total. The minimum atomic E-state index is -0.372. The van der Waals surface area contributed by atoms with Crippen molar-refractivity contribution in [3.8, 4) is 0 Å². The van der Waals surface area contributed by atoms with Crippen molar-refractivity contribution in [3.05, 3.63) is 51.1 Å². The minimum Gasteiger partial charge on any atom is -0.469 e. The third-order valence-electron chi connectivity index (χ3n) is 14.4. The standard InChI is InChI=1S/C38H51IO3/c1-23(2)27-14-17-38(33(41)42-8)19-18-36(6)28(31(27)38)12-13-30-35(5)22-25(20-24-10-9-11-26(39)21-24)32(40)34(3,4)29(35)15-16-37(30,36)7/h9-11,20-21,27-31H,1,12-19,22H2,2-8H3/b25-20+/t27-,28+,29+,30+,31-,35-,36+,37+,38-/m0/s1. The maximum atomic E-state index is 14.1. The highest BCUT2D eigenvalue weighted by Gasteiger charge is 2.72. The van der Waals surface area contributed by atoms with E-state index in [2.05, 4.69) is 101 Å². The molecule has 0 amide bonds. The van der Waals surface area contributed by atoms with E-state index in [0.717, 1.165) is 56.1 Å². The molecule has 0 radical (unpaired) electrons. The Balaban J connectivity index is 1.42. The number of ketones is 1. The van der Waals surface area contributed by atoms with E-state index < -0.39 is 0 Å². The normalized spacial score (nSPS) is 44.9. The number of benzene rings is 1. The number of carbonyl (C=O) groups excluding carboxylic acids is 2. The van der Waals surface area contributed by atoms with Gasteiger partial charge in [0.05, 0.1) is 12.5 Å². The Hall–Kier alpha value is -1.43. The molecule has 3 nitrogen and oxygen atoms in total. The fourth-order valence-corrected chi connectivity index (χ4v) is 13.0. The summed E-state index contributed by atoms with van der Waals surface area (Å²) in [6.07, 6.45) is 11.7. The van der Waals surface area contributed by atoms with E-state index in [1.807, 2.05) is 0 Å². The lowest BCUT2D eigenvalue weighted by atomic mass is 9.32. The molecule has 1 aromatic carbocycles. The highest BCUT2D eigenvalue weighted by atomic mass is 127. The summed E-state index contributed by atoms with van der Waals surface area (Å²) < 4.78 is 6.75. The highest BCUT2D eigenvalue weighted by molar-refractivity contribution is 14.1. The van der Waals surface area contributed by atoms with E-state index in [0.29, 0.717) is 35.4 Å². The average molecular weight is 683 g/mol. The zero-order valence-corrected chi connectivity index (χ0v) is 29.1. The molecule has 5 fully saturated rings. The van der Waals surface area contributed by atoms with Crippen LogP contribution in [0.5, 0.6) is 0 Å². The number of methoxy groups -OCH3 is 1. The fourth-order valence-electron chi connectivity index (χ4n) is 12.5. The molecule has 0 aromatic heterocycles. The molecular weight excluding hydrogens is 631 g/mol. The Kier molecular flexibility index (Phi) is 7.31. The predicted molar refractivity (Wildman–Crippen MR) is 179 cm³/mol. The first-order valence-electron chi connectivity index (χ1n) is 16.4. The van der Waals surface area contributed by atoms with E-state index in [-0.39, 0.29) is 33.0 Å². The Labute approximate surface area is 267 Å².